The van der Waals surface area contributed by atoms with E-state index in [0.29, 0.717) is 92.0 Å². The van der Waals surface area contributed by atoms with Crippen LogP contribution >= 0.6 is 0 Å². The van der Waals surface area contributed by atoms with Crippen LogP contribution in [0.5, 0.6) is 0 Å². The Labute approximate surface area is 468 Å². The quantitative estimate of drug-likeness (QED) is 0.0654. The average Bonchev–Trinajstić information content (AvgIpc) is 4.50. The average molecular weight is 1120 g/mol. The maximum atomic E-state index is 17.1. The maximum absolute atomic E-state index is 17.1. The van der Waals surface area contributed by atoms with Crippen molar-refractivity contribution in [2.45, 2.75) is 151 Å². The van der Waals surface area contributed by atoms with E-state index in [2.05, 4.69) is 32.7 Å². The number of nitrogens with zero attached hydrogens (tertiary/aromatic N) is 6. The van der Waals surface area contributed by atoms with Crippen LogP contribution in [0.15, 0.2) is 66.7 Å². The van der Waals surface area contributed by atoms with Gasteiger partial charge < -0.3 is 49.9 Å². The van der Waals surface area contributed by atoms with Crippen molar-refractivity contribution in [3.05, 3.63) is 118 Å². The Kier molecular flexibility index (Phi) is 15.6. The van der Waals surface area contributed by atoms with Gasteiger partial charge in [0.25, 0.3) is 0 Å². The van der Waals surface area contributed by atoms with Crippen LogP contribution in [0.4, 0.5) is 38.5 Å². The van der Waals surface area contributed by atoms with Crippen molar-refractivity contribution in [2.24, 2.45) is 11.8 Å². The van der Waals surface area contributed by atoms with Gasteiger partial charge in [0, 0.05) is 55.1 Å². The van der Waals surface area contributed by atoms with Crippen molar-refractivity contribution in [3.8, 4) is 0 Å². The lowest BCUT2D eigenvalue weighted by Crippen LogP contribution is -2.54. The van der Waals surface area contributed by atoms with Crippen molar-refractivity contribution < 1.29 is 46.5 Å². The largest absolute Gasteiger partial charge is 0.453 e. The van der Waals surface area contributed by atoms with Gasteiger partial charge in [-0.2, -0.15) is 0 Å². The maximum Gasteiger partial charge on any atom is 0.407 e. The van der Waals surface area contributed by atoms with Crippen LogP contribution in [0.3, 0.4) is 0 Å². The third-order valence-electron chi connectivity index (χ3n) is 18.8. The lowest BCUT2D eigenvalue weighted by Gasteiger charge is -2.36. The summed E-state index contributed by atoms with van der Waals surface area (Å²) in [5.41, 5.74) is 3.34. The Balaban J connectivity index is 0.873. The molecule has 7 atom stereocenters. The first kappa shape index (κ1) is 54.6. The number of amides is 3. The predicted octanol–water partition coefficient (Wildman–Crippen LogP) is 11.4. The number of hydrogen-bond acceptors (Lipinski definition) is 11. The minimum atomic E-state index is -1.04. The number of hydrogen-bond donors (Lipinski definition) is 5. The Bertz CT molecular complexity index is 3250. The number of aromatic nitrogens is 4. The number of aromatic amines is 2. The van der Waals surface area contributed by atoms with Crippen LogP contribution in [0.1, 0.15) is 161 Å². The van der Waals surface area contributed by atoms with Crippen LogP contribution in [-0.2, 0) is 14.3 Å². The predicted molar refractivity (Wildman–Crippen MR) is 297 cm³/mol. The molecule has 0 radical (unpaired) electrons. The number of piperidine rings is 1. The molecule has 5 N–H and O–H groups in total. The Morgan fingerprint density at radius 3 is 1.74 bits per heavy atom. The standard InChI is InChI=1S/C61H72F4N10O6/c1-80-60(78)70-53(36-14-6-7-15-36)58(76)73-24-10-18-51(73)56-66-45-30-39(41(62)32-47(45)68-56)49-20-21-50(75(49)38-28-43(64)55(44(65)29-38)72-26-22-35(23-27-72)34-12-4-3-5-13-34)40-31-46-48(33-42(40)63)69-57(67-46)52-19-11-25-74(52)59(77)54(71-61(79)81-2)37-16-8-9-17-37/h3-5,12-13,28-33,35-37,49-54,58,76H,6-11,14-27H2,1-2H3,(H,66,68)(H,67,69)(H,70,78)(H,71,79)/t49-,50-,51+,52+,53+,54+,58?/m1/s1. The second kappa shape index (κ2) is 23.1. The topological polar surface area (TPSA) is 184 Å². The third kappa shape index (κ3) is 10.7. The fraction of sp³-hybridized carbons (Fsp3) is 0.525. The Morgan fingerprint density at radius 2 is 1.15 bits per heavy atom. The number of halogens is 4. The third-order valence-corrected chi connectivity index (χ3v) is 18.8. The van der Waals surface area contributed by atoms with Crippen molar-refractivity contribution in [2.75, 3.05) is 50.2 Å². The molecule has 20 heteroatoms. The van der Waals surface area contributed by atoms with Crippen molar-refractivity contribution >= 4 is 51.5 Å². The van der Waals surface area contributed by atoms with E-state index >= 15 is 17.6 Å². The molecule has 4 saturated heterocycles. The van der Waals surface area contributed by atoms with Crippen molar-refractivity contribution in [3.63, 3.8) is 0 Å². The first-order valence-corrected chi connectivity index (χ1v) is 29.2. The summed E-state index contributed by atoms with van der Waals surface area (Å²) in [5, 5.41) is 17.7. The highest BCUT2D eigenvalue weighted by molar-refractivity contribution is 5.87. The van der Waals surface area contributed by atoms with Crippen molar-refractivity contribution in [1.29, 1.82) is 0 Å². The van der Waals surface area contributed by atoms with Crippen LogP contribution in [0.2, 0.25) is 0 Å². The summed E-state index contributed by atoms with van der Waals surface area (Å²) < 4.78 is 77.9. The number of anilines is 2. The monoisotopic (exact) mass is 1120 g/mol. The van der Waals surface area contributed by atoms with Crippen LogP contribution < -0.4 is 20.4 Å². The number of imidazole rings is 2. The van der Waals surface area contributed by atoms with Gasteiger partial charge in [0.2, 0.25) is 5.91 Å². The van der Waals surface area contributed by atoms with Gasteiger partial charge in [-0.15, -0.1) is 0 Å². The highest BCUT2D eigenvalue weighted by atomic mass is 19.1. The summed E-state index contributed by atoms with van der Waals surface area (Å²) >= 11 is 0. The van der Waals surface area contributed by atoms with E-state index in [1.807, 2.05) is 23.1 Å². The highest BCUT2D eigenvalue weighted by Crippen LogP contribution is 2.51. The summed E-state index contributed by atoms with van der Waals surface area (Å²) in [5.74, 6) is -1.68. The zero-order valence-electron chi connectivity index (χ0n) is 46.0. The Morgan fingerprint density at radius 1 is 0.605 bits per heavy atom. The zero-order chi connectivity index (χ0) is 56.1. The molecular weight excluding hydrogens is 1040 g/mol. The van der Waals surface area contributed by atoms with Gasteiger partial charge in [0.15, 0.2) is 11.6 Å². The van der Waals surface area contributed by atoms with Crippen LogP contribution in [-0.4, -0.2) is 112 Å². The summed E-state index contributed by atoms with van der Waals surface area (Å²) in [4.78, 5) is 63.1. The molecule has 2 aliphatic carbocycles. The highest BCUT2D eigenvalue weighted by Gasteiger charge is 2.44. The molecule has 6 aliphatic rings. The minimum absolute atomic E-state index is 0.0346. The summed E-state index contributed by atoms with van der Waals surface area (Å²) in [6, 6.07) is 14.9. The number of alkyl carbamates (subject to hydrolysis) is 2. The fourth-order valence-corrected chi connectivity index (χ4v) is 14.8. The molecule has 1 unspecified atom stereocenters. The lowest BCUT2D eigenvalue weighted by molar-refractivity contribution is -0.135. The number of fused-ring (bicyclic) bond motifs is 2. The molecule has 6 fully saturated rings. The normalized spacial score (nSPS) is 23.5. The first-order valence-electron chi connectivity index (χ1n) is 29.2. The number of aliphatic hydroxyl groups excluding tert-OH is 1. The molecule has 0 bridgehead atoms. The summed E-state index contributed by atoms with van der Waals surface area (Å²) in [6.45, 7) is 1.88. The van der Waals surface area contributed by atoms with E-state index in [4.69, 9.17) is 19.4 Å². The molecule has 6 aromatic rings. The smallest absolute Gasteiger partial charge is 0.407 e. The molecule has 4 aromatic carbocycles. The summed E-state index contributed by atoms with van der Waals surface area (Å²) in [7, 11) is 2.57. The van der Waals surface area contributed by atoms with Gasteiger partial charge in [0.1, 0.15) is 41.2 Å². The number of rotatable bonds is 14. The molecule has 0 spiro atoms. The fourth-order valence-electron chi connectivity index (χ4n) is 14.8. The lowest BCUT2D eigenvalue weighted by atomic mass is 9.89. The zero-order valence-corrected chi connectivity index (χ0v) is 46.0. The number of likely N-dealkylation sites (tertiary alicyclic amines) is 2. The number of ether oxygens (including phenoxy) is 2. The molecule has 430 valence electrons. The second-order valence-corrected chi connectivity index (χ2v) is 23.3. The van der Waals surface area contributed by atoms with E-state index in [1.54, 1.807) is 26.8 Å². The number of aliphatic hydroxyl groups is 1. The van der Waals surface area contributed by atoms with Gasteiger partial charge >= 0.3 is 12.2 Å². The van der Waals surface area contributed by atoms with Gasteiger partial charge in [-0.1, -0.05) is 56.0 Å². The van der Waals surface area contributed by atoms with Crippen molar-refractivity contribution in [1.82, 2.24) is 40.4 Å². The first-order chi connectivity index (χ1) is 39.3. The summed E-state index contributed by atoms with van der Waals surface area (Å²) in [6.07, 6.45) is 9.63. The van der Waals surface area contributed by atoms with Gasteiger partial charge in [-0.05, 0) is 125 Å². The van der Waals surface area contributed by atoms with E-state index in [-0.39, 0.29) is 65.0 Å². The number of nitrogens with one attached hydrogen (secondary N) is 4. The Hall–Kier alpha value is -6.93. The number of carbonyl (C=O) groups is 3. The van der Waals surface area contributed by atoms with Gasteiger partial charge in [-0.3, -0.25) is 9.69 Å². The number of carbonyl (C=O) groups excluding carboxylic acids is 3. The van der Waals surface area contributed by atoms with Crippen LogP contribution in [0.25, 0.3) is 22.1 Å². The van der Waals surface area contributed by atoms with Crippen LogP contribution in [0, 0.1) is 35.1 Å². The number of H-pyrrole nitrogens is 2. The second-order valence-electron chi connectivity index (χ2n) is 23.3. The van der Waals surface area contributed by atoms with E-state index < -0.39 is 71.9 Å². The molecule has 2 saturated carbocycles. The number of methoxy groups -OCH3 is 2. The molecule has 16 nitrogen and oxygen atoms in total. The SMILES string of the molecule is COC(=O)N[C@@H](C1CCCC1)C(O)N1CCC[C@H]1c1nc2cc(F)c([C@H]3CC[C@H](c4cc5[nH]c([C@@H]6CCCN6C(=O)[C@@H](NC(=O)OC)C6CCCC6)nc5cc4F)N3c3cc(F)c(N4CCC(c5ccccc5)CC4)c(F)c3)cc2[nH]1. The van der Waals surface area contributed by atoms with Gasteiger partial charge in [0.05, 0.1) is 66.5 Å². The van der Waals surface area contributed by atoms with E-state index in [0.717, 1.165) is 57.8 Å². The molecular formula is C61H72F4N10O6. The van der Waals surface area contributed by atoms with E-state index in [9.17, 15) is 19.5 Å². The molecule has 12 rings (SSSR count). The molecule has 6 heterocycles. The van der Waals surface area contributed by atoms with Gasteiger partial charge in [-0.25, -0.2) is 37.1 Å². The molecule has 2 aromatic heterocycles. The molecule has 4 aliphatic heterocycles. The number of benzene rings is 4. The molecule has 3 amide bonds. The molecule has 81 heavy (non-hydrogen) atoms. The minimum Gasteiger partial charge on any atom is -0.453 e. The van der Waals surface area contributed by atoms with E-state index in [1.165, 1.54) is 44.0 Å².